The van der Waals surface area contributed by atoms with Crippen molar-refractivity contribution in [3.05, 3.63) is 45.9 Å². The number of hydrogen-bond acceptors (Lipinski definition) is 8. The molecule has 3 aliphatic rings. The van der Waals surface area contributed by atoms with E-state index in [0.717, 1.165) is 18.7 Å². The second-order valence-electron chi connectivity index (χ2n) is 7.20. The van der Waals surface area contributed by atoms with Gasteiger partial charge in [-0.25, -0.2) is 9.59 Å². The van der Waals surface area contributed by atoms with E-state index >= 15 is 0 Å². The molecule has 10 heteroatoms. The largest absolute Gasteiger partial charge is 0.379 e. The van der Waals surface area contributed by atoms with Gasteiger partial charge >= 0.3 is 11.9 Å². The van der Waals surface area contributed by atoms with Crippen LogP contribution in [0.5, 0.6) is 0 Å². The number of nitrogens with two attached hydrogens (primary N) is 1. The van der Waals surface area contributed by atoms with Crippen molar-refractivity contribution in [1.82, 2.24) is 4.90 Å². The third-order valence-electron chi connectivity index (χ3n) is 5.40. The van der Waals surface area contributed by atoms with E-state index in [9.17, 15) is 24.6 Å². The number of carbonyl (C=O) groups is 3. The molecule has 1 saturated heterocycles. The van der Waals surface area contributed by atoms with Crippen molar-refractivity contribution in [2.24, 2.45) is 5.73 Å². The molecule has 1 amide bonds. The zero-order valence-electron chi connectivity index (χ0n) is 16.2. The normalized spacial score (nSPS) is 31.0. The van der Waals surface area contributed by atoms with Crippen LogP contribution in [0.4, 0.5) is 0 Å². The van der Waals surface area contributed by atoms with E-state index in [2.05, 4.69) is 11.8 Å². The number of rotatable bonds is 3. The van der Waals surface area contributed by atoms with Crippen molar-refractivity contribution in [1.29, 1.82) is 0 Å². The maximum Gasteiger partial charge on any atom is 0.361 e. The first-order valence-corrected chi connectivity index (χ1v) is 11.0. The molecule has 0 bridgehead atoms. The third-order valence-corrected chi connectivity index (χ3v) is 8.11. The van der Waals surface area contributed by atoms with Gasteiger partial charge in [-0.05, 0) is 42.8 Å². The zero-order valence-corrected chi connectivity index (χ0v) is 17.1. The molecule has 4 rings (SSSR count). The predicted octanol–water partition coefficient (Wildman–Crippen LogP) is 0.607. The van der Waals surface area contributed by atoms with Gasteiger partial charge in [0.15, 0.2) is 12.2 Å². The van der Waals surface area contributed by atoms with Gasteiger partial charge in [0, 0.05) is 24.2 Å². The van der Waals surface area contributed by atoms with Crippen LogP contribution < -0.4 is 5.73 Å². The van der Waals surface area contributed by atoms with E-state index in [1.165, 1.54) is 12.1 Å². The van der Waals surface area contributed by atoms with Gasteiger partial charge in [0.25, 0.3) is 0 Å². The lowest BCUT2D eigenvalue weighted by molar-refractivity contribution is -0.156. The van der Waals surface area contributed by atoms with Crippen LogP contribution in [0.25, 0.3) is 6.08 Å². The summed E-state index contributed by atoms with van der Waals surface area (Å²) in [5.41, 5.74) is 7.01. The number of primary amides is 1. The molecule has 4 N–H and O–H groups in total. The van der Waals surface area contributed by atoms with Crippen LogP contribution in [0.15, 0.2) is 39.6 Å². The number of fused-ring (bicyclic) bond motifs is 2. The standard InChI is InChI=1S/C20H22N2O7S/c1-2-22-7-5-11(6-8-22)15-10-13-9-12(18(21)25)3-4-14(13)30(15)28-19(26)16(23)17(24)20(27)29-30/h3-5,9-10,16-17,23-24H,2,6-8H2,1H3,(H2,21,25). The first-order valence-electron chi connectivity index (χ1n) is 9.50. The van der Waals surface area contributed by atoms with E-state index in [0.29, 0.717) is 28.3 Å². The van der Waals surface area contributed by atoms with Gasteiger partial charge in [0.1, 0.15) is 0 Å². The Morgan fingerprint density at radius 1 is 1.23 bits per heavy atom. The van der Waals surface area contributed by atoms with E-state index in [4.69, 9.17) is 14.1 Å². The number of allylic oxidation sites excluding steroid dienone is 1. The molecule has 3 aliphatic heterocycles. The SMILES string of the molecule is CCN1CC=C(C2=Cc3cc(C(N)=O)ccc3S23OC(=O)C(O)C(O)C(=O)O3)CC1. The molecular weight excluding hydrogens is 412 g/mol. The minimum Gasteiger partial charge on any atom is -0.379 e. The minimum atomic E-state index is -3.13. The molecule has 9 nitrogen and oxygen atoms in total. The van der Waals surface area contributed by atoms with Crippen LogP contribution in [0.3, 0.4) is 0 Å². The first kappa shape index (κ1) is 20.6. The monoisotopic (exact) mass is 434 g/mol. The van der Waals surface area contributed by atoms with Crippen molar-refractivity contribution in [2.75, 3.05) is 19.6 Å². The molecule has 3 heterocycles. The first-order chi connectivity index (χ1) is 14.3. The number of aliphatic hydroxyl groups is 2. The minimum absolute atomic E-state index is 0.252. The van der Waals surface area contributed by atoms with Crippen molar-refractivity contribution < 1.29 is 33.0 Å². The lowest BCUT2D eigenvalue weighted by atomic mass is 10.0. The Bertz CT molecular complexity index is 981. The fraction of sp³-hybridized carbons (Fsp3) is 0.350. The number of aliphatic hydroxyl groups excluding tert-OH is 2. The van der Waals surface area contributed by atoms with Crippen molar-refractivity contribution in [2.45, 2.75) is 30.4 Å². The summed E-state index contributed by atoms with van der Waals surface area (Å²) in [5.74, 6) is -2.92. The van der Waals surface area contributed by atoms with Gasteiger partial charge in [-0.1, -0.05) is 23.6 Å². The Morgan fingerprint density at radius 2 is 1.90 bits per heavy atom. The Labute approximate surface area is 174 Å². The highest BCUT2D eigenvalue weighted by Gasteiger charge is 2.50. The lowest BCUT2D eigenvalue weighted by Gasteiger charge is -2.41. The highest BCUT2D eigenvalue weighted by Crippen LogP contribution is 2.72. The molecule has 1 aromatic carbocycles. The van der Waals surface area contributed by atoms with Gasteiger partial charge in [-0.2, -0.15) is 0 Å². The highest BCUT2D eigenvalue weighted by molar-refractivity contribution is 8.30. The molecule has 2 unspecified atom stereocenters. The number of carbonyl (C=O) groups excluding carboxylic acids is 3. The molecule has 1 aromatic rings. The van der Waals surface area contributed by atoms with Crippen LogP contribution in [-0.4, -0.2) is 64.8 Å². The van der Waals surface area contributed by atoms with Crippen LogP contribution in [0, 0.1) is 0 Å². The molecule has 0 radical (unpaired) electrons. The molecule has 1 spiro atoms. The molecule has 0 saturated carbocycles. The van der Waals surface area contributed by atoms with Gasteiger partial charge in [-0.15, -0.1) is 0 Å². The summed E-state index contributed by atoms with van der Waals surface area (Å²) in [6.45, 7) is 4.38. The Kier molecular flexibility index (Phi) is 5.18. The fourth-order valence-electron chi connectivity index (χ4n) is 3.67. The van der Waals surface area contributed by atoms with E-state index in [-0.39, 0.29) is 5.56 Å². The molecule has 0 aromatic heterocycles. The van der Waals surface area contributed by atoms with E-state index in [1.807, 2.05) is 6.08 Å². The number of hydrogen-bond donors (Lipinski definition) is 3. The van der Waals surface area contributed by atoms with E-state index < -0.39 is 40.6 Å². The number of likely N-dealkylation sites (N-methyl/N-ethyl adjacent to an activating group) is 1. The summed E-state index contributed by atoms with van der Waals surface area (Å²) in [7, 11) is -3.13. The molecule has 1 fully saturated rings. The number of benzene rings is 1. The smallest absolute Gasteiger partial charge is 0.361 e. The van der Waals surface area contributed by atoms with Crippen LogP contribution in [0.1, 0.15) is 29.3 Å². The highest BCUT2D eigenvalue weighted by atomic mass is 32.3. The summed E-state index contributed by atoms with van der Waals surface area (Å²) >= 11 is 0. The Hall–Kier alpha value is -2.66. The molecule has 160 valence electrons. The maximum atomic E-state index is 12.5. The number of amides is 1. The third kappa shape index (κ3) is 3.21. The van der Waals surface area contributed by atoms with Gasteiger partial charge in [0.2, 0.25) is 5.91 Å². The Balaban J connectivity index is 1.87. The molecule has 2 atom stereocenters. The predicted molar refractivity (Wildman–Crippen MR) is 108 cm³/mol. The van der Waals surface area contributed by atoms with Gasteiger partial charge in [0.05, 0.1) is 9.80 Å². The second kappa shape index (κ2) is 7.55. The molecule has 30 heavy (non-hydrogen) atoms. The van der Waals surface area contributed by atoms with Crippen LogP contribution in [-0.2, 0) is 18.0 Å². The van der Waals surface area contributed by atoms with Crippen molar-refractivity contribution >= 4 is 34.5 Å². The van der Waals surface area contributed by atoms with E-state index in [1.54, 1.807) is 12.1 Å². The van der Waals surface area contributed by atoms with Gasteiger partial charge < -0.3 is 24.3 Å². The summed E-state index contributed by atoms with van der Waals surface area (Å²) in [6, 6.07) is 4.53. The molecule has 0 aliphatic carbocycles. The average Bonchev–Trinajstić information content (AvgIpc) is 3.01. The summed E-state index contributed by atoms with van der Waals surface area (Å²) in [5, 5.41) is 19.9. The Morgan fingerprint density at radius 3 is 2.43 bits per heavy atom. The van der Waals surface area contributed by atoms with Crippen molar-refractivity contribution in [3.8, 4) is 0 Å². The zero-order chi connectivity index (χ0) is 21.6. The van der Waals surface area contributed by atoms with Crippen molar-refractivity contribution in [3.63, 3.8) is 0 Å². The van der Waals surface area contributed by atoms with Crippen LogP contribution in [0.2, 0.25) is 0 Å². The van der Waals surface area contributed by atoms with Crippen LogP contribution >= 0.6 is 10.6 Å². The topological polar surface area (TPSA) is 139 Å². The summed E-state index contributed by atoms with van der Waals surface area (Å²) in [6.07, 6.45) is 0.236. The summed E-state index contributed by atoms with van der Waals surface area (Å²) in [4.78, 5) is 39.7. The van der Waals surface area contributed by atoms with Gasteiger partial charge in [-0.3, -0.25) is 9.69 Å². The second-order valence-corrected chi connectivity index (χ2v) is 9.42. The maximum absolute atomic E-state index is 12.5. The fourth-order valence-corrected chi connectivity index (χ4v) is 6.45. The average molecular weight is 434 g/mol. The lowest BCUT2D eigenvalue weighted by Crippen LogP contribution is -2.38. The summed E-state index contributed by atoms with van der Waals surface area (Å²) < 4.78 is 11.2. The quantitative estimate of drug-likeness (QED) is 0.629. The number of nitrogens with zero attached hydrogens (tertiary/aromatic N) is 1. The molecular formula is C20H22N2O7S.